The highest BCUT2D eigenvalue weighted by molar-refractivity contribution is 5.17. The van der Waals surface area contributed by atoms with E-state index in [1.54, 1.807) is 0 Å². The molecule has 0 unspecified atom stereocenters. The average molecular weight is 242 g/mol. The van der Waals surface area contributed by atoms with Gasteiger partial charge in [0, 0.05) is 37.9 Å². The maximum Gasteiger partial charge on any atom is 0.0202 e. The first-order valence-corrected chi connectivity index (χ1v) is 6.98. The Hall–Kier alpha value is -1.44. The van der Waals surface area contributed by atoms with Gasteiger partial charge in [0.15, 0.2) is 0 Å². The van der Waals surface area contributed by atoms with Crippen LogP contribution in [-0.4, -0.2) is 9.13 Å². The molecule has 2 aromatic rings. The fourth-order valence-electron chi connectivity index (χ4n) is 3.48. The molecule has 0 atom stereocenters. The van der Waals surface area contributed by atoms with E-state index in [-0.39, 0.29) is 0 Å². The van der Waals surface area contributed by atoms with Gasteiger partial charge in [-0.2, -0.15) is 0 Å². The highest BCUT2D eigenvalue weighted by Crippen LogP contribution is 2.40. The molecule has 0 N–H and O–H groups in total. The van der Waals surface area contributed by atoms with E-state index in [1.165, 1.54) is 37.1 Å². The first kappa shape index (κ1) is 11.6. The van der Waals surface area contributed by atoms with Crippen LogP contribution in [0.25, 0.3) is 0 Å². The number of aryl methyl sites for hydroxylation is 2. The van der Waals surface area contributed by atoms with Crippen molar-refractivity contribution in [2.75, 3.05) is 0 Å². The van der Waals surface area contributed by atoms with Gasteiger partial charge in [0.25, 0.3) is 0 Å². The summed E-state index contributed by atoms with van der Waals surface area (Å²) in [6.45, 7) is 0. The zero-order valence-corrected chi connectivity index (χ0v) is 11.3. The number of rotatable bonds is 2. The molecule has 18 heavy (non-hydrogen) atoms. The molecule has 2 nitrogen and oxygen atoms in total. The second-order valence-electron chi connectivity index (χ2n) is 5.64. The Bertz CT molecular complexity index is 464. The number of aromatic nitrogens is 2. The normalized spacial score (nSPS) is 24.3. The van der Waals surface area contributed by atoms with E-state index < -0.39 is 0 Å². The molecule has 2 aromatic heterocycles. The van der Waals surface area contributed by atoms with E-state index in [0.717, 1.165) is 11.8 Å². The molecule has 2 heterocycles. The van der Waals surface area contributed by atoms with E-state index in [9.17, 15) is 0 Å². The van der Waals surface area contributed by atoms with E-state index in [2.05, 4.69) is 59.9 Å². The summed E-state index contributed by atoms with van der Waals surface area (Å²) in [4.78, 5) is 0. The Morgan fingerprint density at radius 1 is 0.778 bits per heavy atom. The van der Waals surface area contributed by atoms with Gasteiger partial charge >= 0.3 is 0 Å². The second-order valence-corrected chi connectivity index (χ2v) is 5.64. The standard InChI is InChI=1S/C16H22N2/c1-17-11-3-5-15(17)13-7-9-14(10-8-13)16-6-4-12-18(16)2/h3-6,11-14H,7-10H2,1-2H3. The largest absolute Gasteiger partial charge is 0.354 e. The monoisotopic (exact) mass is 242 g/mol. The Balaban J connectivity index is 1.69. The molecule has 0 amide bonds. The number of hydrogen-bond donors (Lipinski definition) is 0. The van der Waals surface area contributed by atoms with Gasteiger partial charge in [-0.1, -0.05) is 0 Å². The van der Waals surface area contributed by atoms with Crippen LogP contribution in [0.1, 0.15) is 48.9 Å². The molecule has 2 heteroatoms. The molecule has 96 valence electrons. The number of nitrogens with zero attached hydrogens (tertiary/aromatic N) is 2. The van der Waals surface area contributed by atoms with Crippen molar-refractivity contribution in [3.63, 3.8) is 0 Å². The molecule has 1 saturated carbocycles. The Labute approximate surface area is 109 Å². The van der Waals surface area contributed by atoms with E-state index >= 15 is 0 Å². The van der Waals surface area contributed by atoms with Crippen LogP contribution in [0.4, 0.5) is 0 Å². The molecule has 3 rings (SSSR count). The maximum absolute atomic E-state index is 2.29. The maximum atomic E-state index is 2.29. The van der Waals surface area contributed by atoms with Gasteiger partial charge in [-0.05, 0) is 61.8 Å². The van der Waals surface area contributed by atoms with Gasteiger partial charge in [0.1, 0.15) is 0 Å². The highest BCUT2D eigenvalue weighted by Gasteiger charge is 2.25. The van der Waals surface area contributed by atoms with E-state index in [1.807, 2.05) is 0 Å². The summed E-state index contributed by atoms with van der Waals surface area (Å²) in [5.41, 5.74) is 3.03. The molecule has 0 spiro atoms. The van der Waals surface area contributed by atoms with E-state index in [4.69, 9.17) is 0 Å². The van der Waals surface area contributed by atoms with Crippen LogP contribution in [-0.2, 0) is 14.1 Å². The predicted octanol–water partition coefficient (Wildman–Crippen LogP) is 3.81. The number of hydrogen-bond acceptors (Lipinski definition) is 0. The van der Waals surface area contributed by atoms with Crippen LogP contribution < -0.4 is 0 Å². The van der Waals surface area contributed by atoms with Gasteiger partial charge in [-0.3, -0.25) is 0 Å². The topological polar surface area (TPSA) is 9.86 Å². The van der Waals surface area contributed by atoms with Gasteiger partial charge in [0.05, 0.1) is 0 Å². The zero-order chi connectivity index (χ0) is 12.5. The lowest BCUT2D eigenvalue weighted by Crippen LogP contribution is -2.15. The van der Waals surface area contributed by atoms with Crippen LogP contribution in [0.2, 0.25) is 0 Å². The van der Waals surface area contributed by atoms with Crippen molar-refractivity contribution in [1.82, 2.24) is 9.13 Å². The first-order valence-electron chi connectivity index (χ1n) is 6.98. The van der Waals surface area contributed by atoms with Gasteiger partial charge < -0.3 is 9.13 Å². The summed E-state index contributed by atoms with van der Waals surface area (Å²) < 4.78 is 4.57. The summed E-state index contributed by atoms with van der Waals surface area (Å²) in [5, 5.41) is 0. The van der Waals surface area contributed by atoms with Crippen LogP contribution in [0.5, 0.6) is 0 Å². The molecule has 0 bridgehead atoms. The predicted molar refractivity (Wildman–Crippen MR) is 74.8 cm³/mol. The van der Waals surface area contributed by atoms with Crippen molar-refractivity contribution in [3.8, 4) is 0 Å². The van der Waals surface area contributed by atoms with Crippen molar-refractivity contribution >= 4 is 0 Å². The van der Waals surface area contributed by atoms with Crippen LogP contribution in [0.3, 0.4) is 0 Å². The lowest BCUT2D eigenvalue weighted by atomic mass is 9.79. The summed E-state index contributed by atoms with van der Waals surface area (Å²) >= 11 is 0. The summed E-state index contributed by atoms with van der Waals surface area (Å²) in [6.07, 6.45) is 9.64. The lowest BCUT2D eigenvalue weighted by molar-refractivity contribution is 0.377. The third-order valence-corrected chi connectivity index (χ3v) is 4.53. The highest BCUT2D eigenvalue weighted by atomic mass is 14.9. The fraction of sp³-hybridized carbons (Fsp3) is 0.500. The minimum absolute atomic E-state index is 0.765. The third kappa shape index (κ3) is 2.00. The Morgan fingerprint density at radius 2 is 1.17 bits per heavy atom. The lowest BCUT2D eigenvalue weighted by Gasteiger charge is -2.29. The molecule has 1 aliphatic carbocycles. The van der Waals surface area contributed by atoms with Crippen LogP contribution in [0.15, 0.2) is 36.7 Å². The molecule has 0 saturated heterocycles. The van der Waals surface area contributed by atoms with Gasteiger partial charge in [-0.25, -0.2) is 0 Å². The average Bonchev–Trinajstić information content (AvgIpc) is 2.98. The zero-order valence-electron chi connectivity index (χ0n) is 11.3. The minimum atomic E-state index is 0.765. The van der Waals surface area contributed by atoms with Crippen molar-refractivity contribution in [3.05, 3.63) is 48.0 Å². The SMILES string of the molecule is Cn1cccc1C1CCC(c2cccn2C)CC1. The van der Waals surface area contributed by atoms with Crippen LogP contribution >= 0.6 is 0 Å². The summed E-state index contributed by atoms with van der Waals surface area (Å²) in [7, 11) is 4.33. The Kier molecular flexibility index (Phi) is 3.02. The van der Waals surface area contributed by atoms with E-state index in [0.29, 0.717) is 0 Å². The molecular weight excluding hydrogens is 220 g/mol. The smallest absolute Gasteiger partial charge is 0.0202 e. The third-order valence-electron chi connectivity index (χ3n) is 4.53. The molecule has 0 aliphatic heterocycles. The van der Waals surface area contributed by atoms with Crippen molar-refractivity contribution < 1.29 is 0 Å². The van der Waals surface area contributed by atoms with Crippen molar-refractivity contribution in [2.24, 2.45) is 14.1 Å². The molecule has 0 aromatic carbocycles. The summed E-state index contributed by atoms with van der Waals surface area (Å²) in [6, 6.07) is 8.90. The first-order chi connectivity index (χ1) is 8.75. The molecule has 0 radical (unpaired) electrons. The minimum Gasteiger partial charge on any atom is -0.354 e. The van der Waals surface area contributed by atoms with Gasteiger partial charge in [-0.15, -0.1) is 0 Å². The molecular formula is C16H22N2. The Morgan fingerprint density at radius 3 is 1.44 bits per heavy atom. The molecule has 1 fully saturated rings. The second kappa shape index (κ2) is 4.68. The van der Waals surface area contributed by atoms with Crippen molar-refractivity contribution in [2.45, 2.75) is 37.5 Å². The fourth-order valence-corrected chi connectivity index (χ4v) is 3.48. The summed E-state index contributed by atoms with van der Waals surface area (Å²) in [5.74, 6) is 1.53. The van der Waals surface area contributed by atoms with Crippen molar-refractivity contribution in [1.29, 1.82) is 0 Å². The molecule has 1 aliphatic rings. The van der Waals surface area contributed by atoms with Gasteiger partial charge in [0.2, 0.25) is 0 Å². The van der Waals surface area contributed by atoms with Crippen LogP contribution in [0, 0.1) is 0 Å². The quantitative estimate of drug-likeness (QED) is 0.758.